The smallest absolute Gasteiger partial charge is 0.390 e. The standard InChI is InChI=1S/C24H23F3N4O2/c1-29(2)14-21(32)15-31-22-8-7-20(11-18(22)13-28-31)30-10-9-17(12-23(30)33)16-3-5-19(6-4-16)24(25,26)27/h3-13,21,32H,14-15H2,1-2H3/t21-/m0/s1. The fourth-order valence-corrected chi connectivity index (χ4v) is 3.77. The summed E-state index contributed by atoms with van der Waals surface area (Å²) in [6.07, 6.45) is -1.69. The molecule has 2 aromatic heterocycles. The predicted molar refractivity (Wildman–Crippen MR) is 120 cm³/mol. The molecule has 9 heteroatoms. The SMILES string of the molecule is CN(C)C[C@H](O)Cn1ncc2cc(-n3ccc(-c4ccc(C(F)(F)F)cc4)cc3=O)ccc21. The number of rotatable bonds is 6. The van der Waals surface area contributed by atoms with Crippen molar-refractivity contribution in [1.82, 2.24) is 19.2 Å². The second kappa shape index (κ2) is 8.84. The molecule has 0 amide bonds. The van der Waals surface area contributed by atoms with Crippen LogP contribution in [0.5, 0.6) is 0 Å². The Bertz CT molecular complexity index is 1320. The number of likely N-dealkylation sites (N-methyl/N-ethyl adjacent to an activating group) is 1. The molecule has 0 bridgehead atoms. The van der Waals surface area contributed by atoms with E-state index in [4.69, 9.17) is 0 Å². The van der Waals surface area contributed by atoms with E-state index < -0.39 is 17.8 Å². The van der Waals surface area contributed by atoms with Gasteiger partial charge in [-0.25, -0.2) is 0 Å². The number of fused-ring (bicyclic) bond motifs is 1. The van der Waals surface area contributed by atoms with Gasteiger partial charge in [0, 0.05) is 29.9 Å². The van der Waals surface area contributed by atoms with Gasteiger partial charge in [0.15, 0.2) is 0 Å². The Balaban J connectivity index is 1.59. The second-order valence-electron chi connectivity index (χ2n) is 8.18. The van der Waals surface area contributed by atoms with E-state index in [1.165, 1.54) is 22.8 Å². The third-order valence-corrected chi connectivity index (χ3v) is 5.33. The van der Waals surface area contributed by atoms with Gasteiger partial charge in [-0.1, -0.05) is 12.1 Å². The highest BCUT2D eigenvalue weighted by molar-refractivity contribution is 5.81. The van der Waals surface area contributed by atoms with Crippen molar-refractivity contribution in [3.8, 4) is 16.8 Å². The topological polar surface area (TPSA) is 63.3 Å². The zero-order valence-electron chi connectivity index (χ0n) is 18.1. The van der Waals surface area contributed by atoms with Gasteiger partial charge in [-0.2, -0.15) is 18.3 Å². The molecule has 1 atom stereocenters. The van der Waals surface area contributed by atoms with Crippen molar-refractivity contribution in [2.24, 2.45) is 0 Å². The summed E-state index contributed by atoms with van der Waals surface area (Å²) < 4.78 is 41.5. The van der Waals surface area contributed by atoms with E-state index in [-0.39, 0.29) is 5.56 Å². The molecular weight excluding hydrogens is 433 g/mol. The molecule has 0 aliphatic carbocycles. The van der Waals surface area contributed by atoms with Gasteiger partial charge in [0.1, 0.15) is 0 Å². The van der Waals surface area contributed by atoms with Crippen LogP contribution in [0.2, 0.25) is 0 Å². The molecule has 0 aliphatic rings. The Morgan fingerprint density at radius 3 is 2.39 bits per heavy atom. The average Bonchev–Trinajstić information content (AvgIpc) is 3.14. The fourth-order valence-electron chi connectivity index (χ4n) is 3.77. The summed E-state index contributed by atoms with van der Waals surface area (Å²) >= 11 is 0. The highest BCUT2D eigenvalue weighted by Gasteiger charge is 2.30. The van der Waals surface area contributed by atoms with Gasteiger partial charge in [-0.05, 0) is 61.6 Å². The van der Waals surface area contributed by atoms with E-state index in [1.54, 1.807) is 29.2 Å². The van der Waals surface area contributed by atoms with Crippen LogP contribution in [0.15, 0.2) is 71.8 Å². The lowest BCUT2D eigenvalue weighted by Gasteiger charge is -2.16. The summed E-state index contributed by atoms with van der Waals surface area (Å²) in [4.78, 5) is 14.7. The van der Waals surface area contributed by atoms with E-state index >= 15 is 0 Å². The molecule has 0 saturated carbocycles. The van der Waals surface area contributed by atoms with Crippen LogP contribution in [0.25, 0.3) is 27.7 Å². The number of pyridine rings is 1. The third kappa shape index (κ3) is 4.99. The van der Waals surface area contributed by atoms with Crippen LogP contribution >= 0.6 is 0 Å². The van der Waals surface area contributed by atoms with Crippen molar-refractivity contribution in [3.05, 3.63) is 82.9 Å². The minimum atomic E-state index is -4.40. The van der Waals surface area contributed by atoms with E-state index in [2.05, 4.69) is 5.10 Å². The quantitative estimate of drug-likeness (QED) is 0.480. The number of benzene rings is 2. The lowest BCUT2D eigenvalue weighted by Crippen LogP contribution is -2.29. The highest BCUT2D eigenvalue weighted by atomic mass is 19.4. The first-order valence-corrected chi connectivity index (χ1v) is 10.3. The van der Waals surface area contributed by atoms with Gasteiger partial charge in [0.25, 0.3) is 5.56 Å². The van der Waals surface area contributed by atoms with Crippen LogP contribution in [-0.4, -0.2) is 51.1 Å². The Morgan fingerprint density at radius 2 is 1.76 bits per heavy atom. The lowest BCUT2D eigenvalue weighted by molar-refractivity contribution is -0.137. The third-order valence-electron chi connectivity index (χ3n) is 5.33. The molecule has 2 aromatic carbocycles. The number of halogens is 3. The van der Waals surface area contributed by atoms with Crippen LogP contribution < -0.4 is 5.56 Å². The largest absolute Gasteiger partial charge is 0.416 e. The summed E-state index contributed by atoms with van der Waals surface area (Å²) in [5, 5.41) is 15.4. The van der Waals surface area contributed by atoms with Crippen molar-refractivity contribution < 1.29 is 18.3 Å². The molecule has 6 nitrogen and oxygen atoms in total. The number of nitrogens with zero attached hydrogens (tertiary/aromatic N) is 4. The number of hydrogen-bond acceptors (Lipinski definition) is 4. The van der Waals surface area contributed by atoms with Crippen LogP contribution in [0, 0.1) is 0 Å². The Hall–Kier alpha value is -3.43. The fraction of sp³-hybridized carbons (Fsp3) is 0.250. The molecule has 1 N–H and O–H groups in total. The highest BCUT2D eigenvalue weighted by Crippen LogP contribution is 2.30. The molecule has 0 radical (unpaired) electrons. The van der Waals surface area contributed by atoms with E-state index in [0.29, 0.717) is 29.9 Å². The van der Waals surface area contributed by atoms with Gasteiger partial charge in [-0.3, -0.25) is 14.0 Å². The monoisotopic (exact) mass is 456 g/mol. The van der Waals surface area contributed by atoms with Crippen LogP contribution in [0.4, 0.5) is 13.2 Å². The molecule has 0 spiro atoms. The van der Waals surface area contributed by atoms with Crippen molar-refractivity contribution in [2.75, 3.05) is 20.6 Å². The lowest BCUT2D eigenvalue weighted by atomic mass is 10.0. The molecular formula is C24H23F3N4O2. The first kappa shape index (κ1) is 22.8. The zero-order valence-corrected chi connectivity index (χ0v) is 18.1. The minimum absolute atomic E-state index is 0.305. The number of aliphatic hydroxyl groups is 1. The first-order valence-electron chi connectivity index (χ1n) is 10.3. The number of aliphatic hydroxyl groups excluding tert-OH is 1. The van der Waals surface area contributed by atoms with Gasteiger partial charge < -0.3 is 10.0 Å². The van der Waals surface area contributed by atoms with Crippen molar-refractivity contribution >= 4 is 10.9 Å². The molecule has 4 aromatic rings. The first-order chi connectivity index (χ1) is 15.6. The maximum absolute atomic E-state index is 12.8. The van der Waals surface area contributed by atoms with Gasteiger partial charge in [0.05, 0.1) is 29.9 Å². The summed E-state index contributed by atoms with van der Waals surface area (Å²) in [5.41, 5.74) is 1.50. The van der Waals surface area contributed by atoms with E-state index in [9.17, 15) is 23.1 Å². The normalized spacial score (nSPS) is 13.1. The number of alkyl halides is 3. The summed E-state index contributed by atoms with van der Waals surface area (Å²) in [6, 6.07) is 13.3. The van der Waals surface area contributed by atoms with Gasteiger partial charge in [0.2, 0.25) is 0 Å². The van der Waals surface area contributed by atoms with Crippen LogP contribution in [0.3, 0.4) is 0 Å². The van der Waals surface area contributed by atoms with Crippen molar-refractivity contribution in [1.29, 1.82) is 0 Å². The average molecular weight is 456 g/mol. The summed E-state index contributed by atoms with van der Waals surface area (Å²) in [7, 11) is 3.77. The maximum atomic E-state index is 12.8. The summed E-state index contributed by atoms with van der Waals surface area (Å²) in [6.45, 7) is 0.864. The van der Waals surface area contributed by atoms with Crippen LogP contribution in [-0.2, 0) is 12.7 Å². The zero-order chi connectivity index (χ0) is 23.8. The Morgan fingerprint density at radius 1 is 1.03 bits per heavy atom. The predicted octanol–water partition coefficient (Wildman–Crippen LogP) is 3.80. The van der Waals surface area contributed by atoms with Crippen LogP contribution in [0.1, 0.15) is 5.56 Å². The minimum Gasteiger partial charge on any atom is -0.390 e. The second-order valence-corrected chi connectivity index (χ2v) is 8.18. The maximum Gasteiger partial charge on any atom is 0.416 e. The molecule has 0 unspecified atom stereocenters. The molecule has 4 rings (SSSR count). The van der Waals surface area contributed by atoms with Crippen molar-refractivity contribution in [3.63, 3.8) is 0 Å². The molecule has 0 fully saturated rings. The Labute approximate surface area is 188 Å². The number of aromatic nitrogens is 3. The Kier molecular flexibility index (Phi) is 6.09. The summed E-state index contributed by atoms with van der Waals surface area (Å²) in [5.74, 6) is 0. The molecule has 0 saturated heterocycles. The molecule has 2 heterocycles. The van der Waals surface area contributed by atoms with E-state index in [1.807, 2.05) is 31.1 Å². The van der Waals surface area contributed by atoms with E-state index in [0.717, 1.165) is 23.0 Å². The molecule has 0 aliphatic heterocycles. The number of hydrogen-bond donors (Lipinski definition) is 1. The van der Waals surface area contributed by atoms with Crippen molar-refractivity contribution in [2.45, 2.75) is 18.8 Å². The van der Waals surface area contributed by atoms with Gasteiger partial charge in [-0.15, -0.1) is 0 Å². The van der Waals surface area contributed by atoms with Gasteiger partial charge >= 0.3 is 6.18 Å². The molecule has 172 valence electrons. The molecule has 33 heavy (non-hydrogen) atoms.